The van der Waals surface area contributed by atoms with E-state index in [1.165, 1.54) is 0 Å². The summed E-state index contributed by atoms with van der Waals surface area (Å²) in [6, 6.07) is 12.2. The smallest absolute Gasteiger partial charge is 0.475 e. The summed E-state index contributed by atoms with van der Waals surface area (Å²) in [7, 11) is -3.77. The largest absolute Gasteiger partial charge is 0.490 e. The van der Waals surface area contributed by atoms with Gasteiger partial charge in [-0.3, -0.25) is 9.52 Å². The molecule has 9 nitrogen and oxygen atoms in total. The Morgan fingerprint density at radius 3 is 2.12 bits per heavy atom. The maximum Gasteiger partial charge on any atom is 0.490 e. The maximum atomic E-state index is 13.1. The van der Waals surface area contributed by atoms with Crippen molar-refractivity contribution in [3.8, 4) is 0 Å². The molecule has 1 amide bonds. The third-order valence-corrected chi connectivity index (χ3v) is 7.46. The number of rotatable bonds is 9. The summed E-state index contributed by atoms with van der Waals surface area (Å²) in [5, 5.41) is 13.5. The van der Waals surface area contributed by atoms with E-state index in [2.05, 4.69) is 34.1 Å². The van der Waals surface area contributed by atoms with Gasteiger partial charge in [0.25, 0.3) is 15.9 Å². The molecule has 2 aromatic carbocycles. The summed E-state index contributed by atoms with van der Waals surface area (Å²) < 4.78 is 60.4. The molecule has 1 heterocycles. The highest BCUT2D eigenvalue weighted by atomic mass is 32.2. The fourth-order valence-corrected chi connectivity index (χ4v) is 4.91. The van der Waals surface area contributed by atoms with Crippen LogP contribution in [0, 0.1) is 5.92 Å². The van der Waals surface area contributed by atoms with Gasteiger partial charge < -0.3 is 20.6 Å². The van der Waals surface area contributed by atoms with Crippen molar-refractivity contribution in [2.24, 2.45) is 5.92 Å². The second kappa shape index (κ2) is 14.4. The van der Waals surface area contributed by atoms with E-state index in [-0.39, 0.29) is 16.8 Å². The third kappa shape index (κ3) is 10.0. The number of carboxylic acids is 1. The quantitative estimate of drug-likeness (QED) is 0.346. The Kier molecular flexibility index (Phi) is 11.8. The van der Waals surface area contributed by atoms with Crippen LogP contribution in [0.5, 0.6) is 0 Å². The molecular weight excluding hydrogens is 549 g/mol. The minimum absolute atomic E-state index is 0.0260. The summed E-state index contributed by atoms with van der Waals surface area (Å²) in [5.41, 5.74) is 2.77. The fraction of sp³-hybridized carbons (Fsp3) is 0.481. The van der Waals surface area contributed by atoms with Crippen molar-refractivity contribution in [3.63, 3.8) is 0 Å². The molecule has 2 aromatic rings. The van der Waals surface area contributed by atoms with Crippen LogP contribution in [0.15, 0.2) is 47.4 Å². The van der Waals surface area contributed by atoms with Gasteiger partial charge in [0.05, 0.1) is 10.5 Å². The van der Waals surface area contributed by atoms with Crippen LogP contribution in [0.4, 0.5) is 24.5 Å². The number of alkyl halides is 3. The lowest BCUT2D eigenvalue weighted by Crippen LogP contribution is -2.44. The molecule has 0 bridgehead atoms. The van der Waals surface area contributed by atoms with Crippen LogP contribution in [-0.4, -0.2) is 63.8 Å². The van der Waals surface area contributed by atoms with Gasteiger partial charge in [0.15, 0.2) is 0 Å². The predicted octanol–water partition coefficient (Wildman–Crippen LogP) is 4.26. The molecule has 3 rings (SSSR count). The van der Waals surface area contributed by atoms with E-state index in [0.717, 1.165) is 50.3 Å². The molecule has 1 unspecified atom stereocenters. The number of anilines is 2. The number of hydrogen-bond acceptors (Lipinski definition) is 6. The Hall–Kier alpha value is -3.32. The normalized spacial score (nSPS) is 14.7. The van der Waals surface area contributed by atoms with Gasteiger partial charge in [0.1, 0.15) is 0 Å². The van der Waals surface area contributed by atoms with Crippen LogP contribution < -0.4 is 20.3 Å². The Balaban J connectivity index is 0.000000708. The van der Waals surface area contributed by atoms with Gasteiger partial charge in [-0.15, -0.1) is 0 Å². The number of aliphatic carboxylic acids is 1. The number of nitrogens with one attached hydrogen (secondary N) is 3. The average molecular weight is 587 g/mol. The molecule has 0 aromatic heterocycles. The Morgan fingerprint density at radius 2 is 1.62 bits per heavy atom. The number of halogens is 3. The van der Waals surface area contributed by atoms with Crippen molar-refractivity contribution in [2.75, 3.05) is 35.8 Å². The molecule has 1 atom stereocenters. The van der Waals surface area contributed by atoms with E-state index in [0.29, 0.717) is 17.2 Å². The first-order valence-electron chi connectivity index (χ1n) is 13.0. The van der Waals surface area contributed by atoms with Crippen molar-refractivity contribution in [1.29, 1.82) is 0 Å². The molecular formula is C27H37F3N4O5S. The molecule has 1 aliphatic heterocycles. The number of piperazine rings is 1. The van der Waals surface area contributed by atoms with Crippen LogP contribution in [-0.2, 0) is 21.2 Å². The van der Waals surface area contributed by atoms with E-state index in [9.17, 15) is 26.4 Å². The summed E-state index contributed by atoms with van der Waals surface area (Å²) >= 11 is 0. The van der Waals surface area contributed by atoms with Crippen molar-refractivity contribution >= 4 is 33.3 Å². The molecule has 1 fully saturated rings. The van der Waals surface area contributed by atoms with Crippen LogP contribution in [0.25, 0.3) is 0 Å². The lowest BCUT2D eigenvalue weighted by molar-refractivity contribution is -0.192. The molecule has 1 saturated heterocycles. The number of hydrogen-bond donors (Lipinski definition) is 4. The fourth-order valence-electron chi connectivity index (χ4n) is 3.86. The monoisotopic (exact) mass is 586 g/mol. The number of benzene rings is 2. The predicted molar refractivity (Wildman–Crippen MR) is 148 cm³/mol. The molecule has 0 saturated carbocycles. The van der Waals surface area contributed by atoms with Crippen molar-refractivity contribution < 1.29 is 36.3 Å². The number of carbonyl (C=O) groups is 2. The first-order valence-corrected chi connectivity index (χ1v) is 14.4. The summed E-state index contributed by atoms with van der Waals surface area (Å²) in [6.45, 7) is 11.5. The highest BCUT2D eigenvalue weighted by molar-refractivity contribution is 7.92. The SMILES string of the molecule is CCC(C)NC(=O)c1cc(NS(=O)(=O)c2ccc(CC(C)C)cc2)ccc1N1CCNCC1.O=C(O)C(F)(F)F. The van der Waals surface area contributed by atoms with Crippen molar-refractivity contribution in [2.45, 2.75) is 57.7 Å². The standard InChI is InChI=1S/C25H36N4O3S.C2HF3O2/c1-5-19(4)27-25(30)23-17-21(8-11-24(23)29-14-12-26-13-15-29)28-33(31,32)22-9-6-20(7-10-22)16-18(2)3;3-2(4,5)1(6)7/h6-11,17-19,26,28H,5,12-16H2,1-4H3,(H,27,30);(H,6,7). The van der Waals surface area contributed by atoms with E-state index < -0.39 is 22.2 Å². The first-order chi connectivity index (χ1) is 18.6. The van der Waals surface area contributed by atoms with Gasteiger partial charge in [-0.05, 0) is 61.6 Å². The van der Waals surface area contributed by atoms with E-state index in [1.54, 1.807) is 24.3 Å². The molecule has 0 aliphatic carbocycles. The Labute approximate surface area is 233 Å². The molecule has 1 aliphatic rings. The molecule has 40 heavy (non-hydrogen) atoms. The van der Waals surface area contributed by atoms with E-state index in [4.69, 9.17) is 9.90 Å². The van der Waals surface area contributed by atoms with Crippen molar-refractivity contribution in [3.05, 3.63) is 53.6 Å². The minimum atomic E-state index is -5.08. The van der Waals surface area contributed by atoms with E-state index in [1.807, 2.05) is 32.0 Å². The van der Waals surface area contributed by atoms with Gasteiger partial charge in [-0.25, -0.2) is 13.2 Å². The molecule has 4 N–H and O–H groups in total. The number of nitrogens with zero attached hydrogens (tertiary/aromatic N) is 1. The molecule has 0 spiro atoms. The summed E-state index contributed by atoms with van der Waals surface area (Å²) in [6.07, 6.45) is -3.37. The van der Waals surface area contributed by atoms with Gasteiger partial charge in [0, 0.05) is 43.6 Å². The number of carboxylic acid groups (broad SMARTS) is 1. The van der Waals surface area contributed by atoms with Gasteiger partial charge in [0.2, 0.25) is 0 Å². The van der Waals surface area contributed by atoms with Crippen molar-refractivity contribution in [1.82, 2.24) is 10.6 Å². The minimum Gasteiger partial charge on any atom is -0.475 e. The summed E-state index contributed by atoms with van der Waals surface area (Å²) in [4.78, 5) is 24.3. The van der Waals surface area contributed by atoms with Crippen LogP contribution in [0.3, 0.4) is 0 Å². The Morgan fingerprint density at radius 1 is 1.05 bits per heavy atom. The van der Waals surface area contributed by atoms with Gasteiger partial charge >= 0.3 is 12.1 Å². The number of sulfonamides is 1. The zero-order valence-corrected chi connectivity index (χ0v) is 23.8. The highest BCUT2D eigenvalue weighted by Crippen LogP contribution is 2.27. The van der Waals surface area contributed by atoms with Crippen LogP contribution in [0.1, 0.15) is 50.0 Å². The topological polar surface area (TPSA) is 128 Å². The number of carbonyl (C=O) groups excluding carboxylic acids is 1. The zero-order chi connectivity index (χ0) is 30.1. The molecule has 13 heteroatoms. The second-order valence-corrected chi connectivity index (χ2v) is 11.6. The first kappa shape index (κ1) is 32.9. The van der Waals surface area contributed by atoms with Crippen LogP contribution in [0.2, 0.25) is 0 Å². The summed E-state index contributed by atoms with van der Waals surface area (Å²) in [5.74, 6) is -2.45. The highest BCUT2D eigenvalue weighted by Gasteiger charge is 2.38. The third-order valence-electron chi connectivity index (χ3n) is 6.06. The van der Waals surface area contributed by atoms with Crippen LogP contribution >= 0.6 is 0 Å². The zero-order valence-electron chi connectivity index (χ0n) is 23.0. The number of amides is 1. The lowest BCUT2D eigenvalue weighted by Gasteiger charge is -2.31. The maximum absolute atomic E-state index is 13.1. The van der Waals surface area contributed by atoms with Gasteiger partial charge in [-0.1, -0.05) is 32.9 Å². The van der Waals surface area contributed by atoms with E-state index >= 15 is 0 Å². The molecule has 0 radical (unpaired) electrons. The Bertz CT molecular complexity index is 1250. The molecule has 222 valence electrons. The second-order valence-electron chi connectivity index (χ2n) is 9.90. The lowest BCUT2D eigenvalue weighted by atomic mass is 10.0. The van der Waals surface area contributed by atoms with Gasteiger partial charge in [-0.2, -0.15) is 13.2 Å². The average Bonchev–Trinajstić information content (AvgIpc) is 2.88.